The first-order valence-electron chi connectivity index (χ1n) is 15.6. The third-order valence-corrected chi connectivity index (χ3v) is 9.47. The smallest absolute Gasteiger partial charge is 0.350 e. The lowest BCUT2D eigenvalue weighted by Crippen LogP contribution is -2.51. The van der Waals surface area contributed by atoms with Crippen LogP contribution in [0.1, 0.15) is 51.0 Å². The molecule has 2 atom stereocenters. The highest BCUT2D eigenvalue weighted by Crippen LogP contribution is 2.42. The van der Waals surface area contributed by atoms with Crippen molar-refractivity contribution in [2.24, 2.45) is 0 Å². The fraction of sp³-hybridized carbons (Fsp3) is 0.455. The van der Waals surface area contributed by atoms with Gasteiger partial charge < -0.3 is 4.74 Å². The van der Waals surface area contributed by atoms with Crippen LogP contribution in [0, 0.1) is 5.82 Å². The van der Waals surface area contributed by atoms with E-state index in [1.165, 1.54) is 23.6 Å². The van der Waals surface area contributed by atoms with Crippen molar-refractivity contribution >= 4 is 27.2 Å². The van der Waals surface area contributed by atoms with E-state index >= 15 is 0 Å². The normalized spacial score (nSPS) is 21.3. The molecular formula is C33H39BrFN7O3. The maximum atomic E-state index is 14.0. The summed E-state index contributed by atoms with van der Waals surface area (Å²) in [5.74, 6) is -0.200. The highest BCUT2D eigenvalue weighted by Gasteiger charge is 2.46. The molecule has 0 radical (unpaired) electrons. The quantitative estimate of drug-likeness (QED) is 0.195. The first kappa shape index (κ1) is 31.4. The number of hydrogen-bond donors (Lipinski definition) is 0. The largest absolute Gasteiger partial charge is 0.370 e. The third-order valence-electron chi connectivity index (χ3n) is 8.91. The molecular weight excluding hydrogens is 641 g/mol. The minimum Gasteiger partial charge on any atom is -0.370 e. The minimum atomic E-state index is -0.219. The van der Waals surface area contributed by atoms with Crippen molar-refractivity contribution in [3.63, 3.8) is 0 Å². The van der Waals surface area contributed by atoms with Gasteiger partial charge in [-0.05, 0) is 75.8 Å². The van der Waals surface area contributed by atoms with Gasteiger partial charge in [0, 0.05) is 55.0 Å². The second kappa shape index (κ2) is 13.8. The van der Waals surface area contributed by atoms with Crippen molar-refractivity contribution < 1.29 is 9.13 Å². The summed E-state index contributed by atoms with van der Waals surface area (Å²) in [4.78, 5) is 26.7. The van der Waals surface area contributed by atoms with Crippen LogP contribution in [-0.4, -0.2) is 62.8 Å². The van der Waals surface area contributed by atoms with Gasteiger partial charge in [0.05, 0.1) is 12.2 Å². The summed E-state index contributed by atoms with van der Waals surface area (Å²) in [6.07, 6.45) is 9.57. The van der Waals surface area contributed by atoms with E-state index in [0.29, 0.717) is 48.6 Å². The second-order valence-corrected chi connectivity index (χ2v) is 12.9. The van der Waals surface area contributed by atoms with E-state index in [1.807, 2.05) is 42.5 Å². The maximum Gasteiger partial charge on any atom is 0.350 e. The molecule has 1 aromatic carbocycles. The molecule has 0 spiro atoms. The Bertz CT molecular complexity index is 1850. The van der Waals surface area contributed by atoms with E-state index < -0.39 is 0 Å². The van der Waals surface area contributed by atoms with Gasteiger partial charge in [-0.1, -0.05) is 46.3 Å². The molecule has 6 heterocycles. The van der Waals surface area contributed by atoms with Crippen LogP contribution in [0.5, 0.6) is 0 Å². The fourth-order valence-electron chi connectivity index (χ4n) is 6.72. The third kappa shape index (κ3) is 6.97. The lowest BCUT2D eigenvalue weighted by atomic mass is 9.87. The summed E-state index contributed by atoms with van der Waals surface area (Å²) in [6, 6.07) is 18.9. The molecule has 2 fully saturated rings. The topological polar surface area (TPSA) is 91.1 Å². The zero-order chi connectivity index (χ0) is 31.4. The van der Waals surface area contributed by atoms with Crippen LogP contribution in [0.2, 0.25) is 0 Å². The molecule has 2 saturated heterocycles. The Morgan fingerprint density at radius 2 is 1.38 bits per heavy atom. The molecule has 7 rings (SSSR count). The Morgan fingerprint density at radius 1 is 0.822 bits per heavy atom. The van der Waals surface area contributed by atoms with Crippen LogP contribution in [-0.2, 0) is 24.4 Å². The number of fused-ring (bicyclic) bond motifs is 4. The summed E-state index contributed by atoms with van der Waals surface area (Å²) in [5, 5.41) is 9.51. The van der Waals surface area contributed by atoms with Gasteiger partial charge in [0.1, 0.15) is 5.82 Å². The molecule has 2 bridgehead atoms. The van der Waals surface area contributed by atoms with Crippen molar-refractivity contribution in [1.82, 2.24) is 33.3 Å². The van der Waals surface area contributed by atoms with Crippen molar-refractivity contribution in [1.29, 1.82) is 0 Å². The Kier molecular flexibility index (Phi) is 9.62. The summed E-state index contributed by atoms with van der Waals surface area (Å²) in [6.45, 7) is 4.73. The number of rotatable bonds is 10. The van der Waals surface area contributed by atoms with Gasteiger partial charge in [0.25, 0.3) is 0 Å². The molecule has 10 nitrogen and oxygen atoms in total. The van der Waals surface area contributed by atoms with Crippen LogP contribution < -0.4 is 11.4 Å². The average molecular weight is 681 g/mol. The standard InChI is InChI=1S/C24H29FN4O2.C9H10BrN3O/c1-24(31-17-18-7-2-3-8-21(18)25)15-19-10-11-20(16-24)27(19)13-6-14-29-23(30)28-12-5-4-9-22(28)26-29;10-5-3-7-13-9(14)12-6-2-1-4-8(12)11-13/h2-5,7-9,12,19-20H,6,10-11,13-17H2,1H3;1-2,4,6H,3,5,7H2. The van der Waals surface area contributed by atoms with Crippen molar-refractivity contribution in [2.75, 3.05) is 11.9 Å². The number of ether oxygens (including phenoxy) is 1. The van der Waals surface area contributed by atoms with Crippen molar-refractivity contribution in [2.45, 2.75) is 82.8 Å². The van der Waals surface area contributed by atoms with Crippen LogP contribution in [0.15, 0.2) is 82.6 Å². The molecule has 45 heavy (non-hydrogen) atoms. The number of pyridine rings is 2. The number of nitrogens with zero attached hydrogens (tertiary/aromatic N) is 7. The lowest BCUT2D eigenvalue weighted by molar-refractivity contribution is -0.101. The Hall–Kier alpha value is -3.61. The number of piperidine rings is 1. The number of alkyl halides is 1. The molecule has 12 heteroatoms. The number of aromatic nitrogens is 6. The van der Waals surface area contributed by atoms with Gasteiger partial charge >= 0.3 is 11.4 Å². The Morgan fingerprint density at radius 3 is 1.93 bits per heavy atom. The number of benzene rings is 1. The SMILES string of the molecule is CC1(OCc2ccccc2F)CC2CCC(C1)N2CCCn1nc2ccccn2c1=O.O=c1n(CCCBr)nc2ccccn12. The number of halogens is 2. The number of hydrogen-bond acceptors (Lipinski definition) is 6. The molecule has 0 N–H and O–H groups in total. The van der Waals surface area contributed by atoms with Gasteiger partial charge in [-0.25, -0.2) is 23.3 Å². The van der Waals surface area contributed by atoms with Gasteiger partial charge in [-0.15, -0.1) is 10.2 Å². The van der Waals surface area contributed by atoms with E-state index in [4.69, 9.17) is 4.74 Å². The number of aryl methyl sites for hydroxylation is 2. The Balaban J connectivity index is 0.000000213. The summed E-state index contributed by atoms with van der Waals surface area (Å²) < 4.78 is 26.4. The van der Waals surface area contributed by atoms with E-state index in [1.54, 1.807) is 38.0 Å². The molecule has 0 amide bonds. The average Bonchev–Trinajstić information content (AvgIpc) is 3.64. The van der Waals surface area contributed by atoms with Crippen LogP contribution >= 0.6 is 15.9 Å². The first-order chi connectivity index (χ1) is 21.8. The second-order valence-electron chi connectivity index (χ2n) is 12.1. The molecule has 2 aliphatic heterocycles. The lowest BCUT2D eigenvalue weighted by Gasteiger charge is -2.44. The molecule has 0 aliphatic carbocycles. The van der Waals surface area contributed by atoms with E-state index in [2.05, 4.69) is 38.0 Å². The zero-order valence-electron chi connectivity index (χ0n) is 25.5. The van der Waals surface area contributed by atoms with E-state index in [0.717, 1.165) is 37.6 Å². The van der Waals surface area contributed by atoms with E-state index in [9.17, 15) is 14.0 Å². The monoisotopic (exact) mass is 679 g/mol. The van der Waals surface area contributed by atoms with Gasteiger partial charge in [0.15, 0.2) is 11.3 Å². The molecule has 2 unspecified atom stereocenters. The minimum absolute atomic E-state index is 0.0680. The maximum absolute atomic E-state index is 14.0. The molecule has 0 saturated carbocycles. The van der Waals surface area contributed by atoms with Crippen molar-refractivity contribution in [3.05, 3.63) is 105 Å². The zero-order valence-corrected chi connectivity index (χ0v) is 27.1. The van der Waals surface area contributed by atoms with Crippen LogP contribution in [0.3, 0.4) is 0 Å². The molecule has 5 aromatic rings. The molecule has 4 aromatic heterocycles. The van der Waals surface area contributed by atoms with Crippen LogP contribution in [0.25, 0.3) is 11.3 Å². The Labute approximate surface area is 269 Å². The van der Waals surface area contributed by atoms with Crippen molar-refractivity contribution in [3.8, 4) is 0 Å². The fourth-order valence-corrected chi connectivity index (χ4v) is 6.97. The summed E-state index contributed by atoms with van der Waals surface area (Å²) in [7, 11) is 0. The highest BCUT2D eigenvalue weighted by molar-refractivity contribution is 9.09. The predicted octanol–water partition coefficient (Wildman–Crippen LogP) is 4.91. The first-order valence-corrected chi connectivity index (χ1v) is 16.7. The van der Waals surface area contributed by atoms with Gasteiger partial charge in [0.2, 0.25) is 0 Å². The van der Waals surface area contributed by atoms with Gasteiger partial charge in [-0.2, -0.15) is 0 Å². The van der Waals surface area contributed by atoms with Crippen LogP contribution in [0.4, 0.5) is 4.39 Å². The highest BCUT2D eigenvalue weighted by atomic mass is 79.9. The van der Waals surface area contributed by atoms with Gasteiger partial charge in [-0.3, -0.25) is 13.7 Å². The molecule has 238 valence electrons. The summed E-state index contributed by atoms with van der Waals surface area (Å²) >= 11 is 3.33. The molecule has 2 aliphatic rings. The predicted molar refractivity (Wildman–Crippen MR) is 174 cm³/mol. The van der Waals surface area contributed by atoms with E-state index in [-0.39, 0.29) is 22.8 Å². The summed E-state index contributed by atoms with van der Waals surface area (Å²) in [5.41, 5.74) is 1.65.